The van der Waals surface area contributed by atoms with Crippen molar-refractivity contribution in [2.24, 2.45) is 0 Å². The van der Waals surface area contributed by atoms with Gasteiger partial charge < -0.3 is 19.1 Å². The number of aromatic amines is 1. The molecule has 0 aliphatic heterocycles. The van der Waals surface area contributed by atoms with Gasteiger partial charge in [-0.15, -0.1) is 0 Å². The lowest BCUT2D eigenvalue weighted by atomic mass is 9.73. The van der Waals surface area contributed by atoms with Crippen LogP contribution >= 0.6 is 0 Å². The Labute approximate surface area is 213 Å². The molecule has 1 aliphatic carbocycles. The molecule has 2 N–H and O–H groups in total. The summed E-state index contributed by atoms with van der Waals surface area (Å²) in [7, 11) is 3.05. The van der Waals surface area contributed by atoms with Crippen LogP contribution in [-0.4, -0.2) is 52.3 Å². The van der Waals surface area contributed by atoms with Crippen LogP contribution in [0, 0.1) is 11.6 Å². The Hall–Kier alpha value is -3.30. The molecule has 0 bridgehead atoms. The average Bonchev–Trinajstić information content (AvgIpc) is 3.48. The summed E-state index contributed by atoms with van der Waals surface area (Å²) in [6, 6.07) is 8.05. The first kappa shape index (κ1) is 25.4. The highest BCUT2D eigenvalue weighted by atomic mass is 19.1. The first-order valence-corrected chi connectivity index (χ1v) is 12.4. The highest BCUT2D eigenvalue weighted by molar-refractivity contribution is 6.00. The van der Waals surface area contributed by atoms with E-state index in [1.807, 2.05) is 24.5 Å². The van der Waals surface area contributed by atoms with Gasteiger partial charge in [0.1, 0.15) is 11.3 Å². The molecule has 196 valence electrons. The van der Waals surface area contributed by atoms with E-state index < -0.39 is 22.8 Å². The average molecular weight is 512 g/mol. The van der Waals surface area contributed by atoms with E-state index in [1.165, 1.54) is 19.2 Å². The van der Waals surface area contributed by atoms with Crippen LogP contribution in [0.5, 0.6) is 0 Å². The smallest absolute Gasteiger partial charge is 0.335 e. The predicted octanol–water partition coefficient (Wildman–Crippen LogP) is 5.84. The second-order valence-electron chi connectivity index (χ2n) is 10.6. The van der Waals surface area contributed by atoms with E-state index in [0.29, 0.717) is 59.8 Å². The number of nitrogens with zero attached hydrogens (tertiary/aromatic N) is 2. The Kier molecular flexibility index (Phi) is 6.32. The maximum absolute atomic E-state index is 16.3. The molecule has 0 amide bonds. The van der Waals surface area contributed by atoms with Crippen LogP contribution in [0.1, 0.15) is 56.7 Å². The number of hydrogen-bond donors (Lipinski definition) is 2. The minimum Gasteiger partial charge on any atom is -0.479 e. The van der Waals surface area contributed by atoms with E-state index in [9.17, 15) is 14.3 Å². The number of carboxylic acid groups (broad SMARTS) is 1. The number of ether oxygens (including phenoxy) is 2. The second-order valence-corrected chi connectivity index (χ2v) is 10.6. The van der Waals surface area contributed by atoms with Crippen molar-refractivity contribution in [1.82, 2.24) is 14.8 Å². The van der Waals surface area contributed by atoms with Crippen molar-refractivity contribution in [3.63, 3.8) is 0 Å². The van der Waals surface area contributed by atoms with Gasteiger partial charge in [-0.2, -0.15) is 5.10 Å². The van der Waals surface area contributed by atoms with Crippen molar-refractivity contribution >= 4 is 27.8 Å². The van der Waals surface area contributed by atoms with Crippen LogP contribution in [-0.2, 0) is 19.7 Å². The lowest BCUT2D eigenvalue weighted by Crippen LogP contribution is -2.43. The molecule has 4 aromatic rings. The summed E-state index contributed by atoms with van der Waals surface area (Å²) in [5.41, 5.74) is 1.54. The number of aromatic nitrogens is 3. The van der Waals surface area contributed by atoms with Gasteiger partial charge in [0.05, 0.1) is 18.3 Å². The zero-order valence-electron chi connectivity index (χ0n) is 21.4. The van der Waals surface area contributed by atoms with Crippen LogP contribution in [0.15, 0.2) is 36.5 Å². The molecule has 9 heteroatoms. The fourth-order valence-electron chi connectivity index (χ4n) is 6.06. The van der Waals surface area contributed by atoms with Crippen molar-refractivity contribution < 1.29 is 28.2 Å². The molecule has 0 spiro atoms. The molecule has 0 atom stereocenters. The van der Waals surface area contributed by atoms with E-state index in [2.05, 4.69) is 10.2 Å². The van der Waals surface area contributed by atoms with Gasteiger partial charge in [0.15, 0.2) is 11.4 Å². The number of methoxy groups -OCH3 is 2. The highest BCUT2D eigenvalue weighted by Gasteiger charge is 2.45. The van der Waals surface area contributed by atoms with Gasteiger partial charge in [-0.25, -0.2) is 13.6 Å². The van der Waals surface area contributed by atoms with Gasteiger partial charge in [0, 0.05) is 41.8 Å². The fourth-order valence-corrected chi connectivity index (χ4v) is 6.06. The first-order valence-electron chi connectivity index (χ1n) is 12.4. The number of rotatable bonds is 7. The summed E-state index contributed by atoms with van der Waals surface area (Å²) >= 11 is 0. The number of benzene rings is 2. The van der Waals surface area contributed by atoms with Gasteiger partial charge >= 0.3 is 5.97 Å². The monoisotopic (exact) mass is 511 g/mol. The van der Waals surface area contributed by atoms with Gasteiger partial charge in [-0.05, 0) is 67.5 Å². The molecule has 1 saturated carbocycles. The van der Waals surface area contributed by atoms with Gasteiger partial charge in [0.25, 0.3) is 0 Å². The van der Waals surface area contributed by atoms with Gasteiger partial charge in [-0.3, -0.25) is 5.10 Å². The van der Waals surface area contributed by atoms with E-state index in [1.54, 1.807) is 25.4 Å². The Balaban J connectivity index is 1.83. The summed E-state index contributed by atoms with van der Waals surface area (Å²) < 4.78 is 43.3. The molecular weight excluding hydrogens is 480 g/mol. The number of carbonyl (C=O) groups is 1. The molecule has 2 aromatic carbocycles. The molecule has 1 aliphatic rings. The third-order valence-corrected chi connectivity index (χ3v) is 7.86. The number of aliphatic carboxylic acids is 1. The Morgan fingerprint density at radius 3 is 2.49 bits per heavy atom. The lowest BCUT2D eigenvalue weighted by molar-refractivity contribution is -0.166. The molecule has 1 fully saturated rings. The number of H-pyrrole nitrogens is 1. The number of carboxylic acids is 1. The summed E-state index contributed by atoms with van der Waals surface area (Å²) in [6.07, 6.45) is 3.23. The standard InChI is InChI=1S/C28H31F2N3O4/c1-27(2,15-36-3)25-21(16-9-11-28(37-4,12-10-16)26(34)35)22-20(13-17-14-31-32-24(17)23(22)30)33(25)19-7-5-18(29)6-8-19/h5-8,13-14,16H,9-12,15H2,1-4H3,(H,31,32)(H,34,35)/t16-,28+. The molecule has 2 aromatic heterocycles. The van der Waals surface area contributed by atoms with Crippen LogP contribution in [0.4, 0.5) is 8.78 Å². The number of halogens is 2. The normalized spacial score (nSPS) is 20.6. The maximum atomic E-state index is 16.3. The zero-order chi connectivity index (χ0) is 26.5. The predicted molar refractivity (Wildman–Crippen MR) is 136 cm³/mol. The maximum Gasteiger partial charge on any atom is 0.335 e. The molecule has 0 unspecified atom stereocenters. The molecule has 7 nitrogen and oxygen atoms in total. The Morgan fingerprint density at radius 2 is 1.89 bits per heavy atom. The summed E-state index contributed by atoms with van der Waals surface area (Å²) in [6.45, 7) is 4.44. The zero-order valence-corrected chi connectivity index (χ0v) is 21.4. The minimum atomic E-state index is -1.25. The highest BCUT2D eigenvalue weighted by Crippen LogP contribution is 2.49. The molecule has 37 heavy (non-hydrogen) atoms. The van der Waals surface area contributed by atoms with Crippen LogP contribution in [0.25, 0.3) is 27.5 Å². The first-order chi connectivity index (χ1) is 17.6. The van der Waals surface area contributed by atoms with Crippen molar-refractivity contribution in [2.45, 2.75) is 56.5 Å². The minimum absolute atomic E-state index is 0.118. The summed E-state index contributed by atoms with van der Waals surface area (Å²) in [4.78, 5) is 12.0. The Bertz CT molecular complexity index is 1460. The van der Waals surface area contributed by atoms with E-state index in [-0.39, 0.29) is 11.7 Å². The molecule has 5 rings (SSSR count). The summed E-state index contributed by atoms with van der Waals surface area (Å²) in [5.74, 6) is -1.86. The topological polar surface area (TPSA) is 89.4 Å². The molecule has 0 saturated heterocycles. The number of nitrogens with one attached hydrogen (secondary N) is 1. The molecule has 0 radical (unpaired) electrons. The van der Waals surface area contributed by atoms with E-state index in [4.69, 9.17) is 9.47 Å². The van der Waals surface area contributed by atoms with Crippen LogP contribution in [0.2, 0.25) is 0 Å². The SMILES string of the molecule is COCC(C)(C)c1c([C@H]2CC[C@](OC)(C(=O)O)CC2)c2c(F)c3[nH]ncc3cc2n1-c1ccc(F)cc1. The van der Waals surface area contributed by atoms with Crippen molar-refractivity contribution in [1.29, 1.82) is 0 Å². The second kappa shape index (κ2) is 9.22. The number of hydrogen-bond acceptors (Lipinski definition) is 4. The van der Waals surface area contributed by atoms with Crippen LogP contribution in [0.3, 0.4) is 0 Å². The third kappa shape index (κ3) is 4.01. The molecule has 2 heterocycles. The van der Waals surface area contributed by atoms with Crippen LogP contribution < -0.4 is 0 Å². The summed E-state index contributed by atoms with van der Waals surface area (Å²) in [5, 5.41) is 17.8. The fraction of sp³-hybridized carbons (Fsp3) is 0.429. The molecular formula is C28H31F2N3O4. The van der Waals surface area contributed by atoms with Gasteiger partial charge in [0.2, 0.25) is 0 Å². The third-order valence-electron chi connectivity index (χ3n) is 7.86. The Morgan fingerprint density at radius 1 is 1.22 bits per heavy atom. The quantitative estimate of drug-likeness (QED) is 0.326. The van der Waals surface area contributed by atoms with Crippen molar-refractivity contribution in [3.8, 4) is 5.69 Å². The van der Waals surface area contributed by atoms with E-state index in [0.717, 1.165) is 11.3 Å². The number of fused-ring (bicyclic) bond motifs is 2. The van der Waals surface area contributed by atoms with Gasteiger partial charge in [-0.1, -0.05) is 13.8 Å². The lowest BCUT2D eigenvalue weighted by Gasteiger charge is -2.37. The van der Waals surface area contributed by atoms with Crippen molar-refractivity contribution in [2.75, 3.05) is 20.8 Å². The largest absolute Gasteiger partial charge is 0.479 e. The van der Waals surface area contributed by atoms with Crippen molar-refractivity contribution in [3.05, 3.63) is 59.4 Å². The van der Waals surface area contributed by atoms with E-state index >= 15 is 4.39 Å².